The fraction of sp³-hybridized carbons (Fsp3) is 0.923. The number of amides is 1. The molecule has 0 radical (unpaired) electrons. The molecule has 2 saturated heterocycles. The second-order valence-electron chi connectivity index (χ2n) is 6.52. The minimum absolute atomic E-state index is 0.122. The normalized spacial score (nSPS) is 32.9. The molecule has 92 valence electrons. The molecular formula is C13H23NO2. The number of hydrogen-bond acceptors (Lipinski definition) is 2. The molecule has 0 aromatic rings. The van der Waals surface area contributed by atoms with Gasteiger partial charge in [0, 0.05) is 12.6 Å². The fourth-order valence-corrected chi connectivity index (χ4v) is 3.18. The Kier molecular flexibility index (Phi) is 2.67. The van der Waals surface area contributed by atoms with Crippen LogP contribution in [0, 0.1) is 17.8 Å². The predicted molar refractivity (Wildman–Crippen MR) is 63.2 cm³/mol. The molecule has 1 saturated carbocycles. The molecule has 3 fully saturated rings. The van der Waals surface area contributed by atoms with Crippen LogP contribution in [-0.2, 0) is 4.74 Å². The van der Waals surface area contributed by atoms with Gasteiger partial charge in [-0.2, -0.15) is 0 Å². The first-order valence-electron chi connectivity index (χ1n) is 6.29. The van der Waals surface area contributed by atoms with E-state index in [1.54, 1.807) is 0 Å². The molecule has 16 heavy (non-hydrogen) atoms. The van der Waals surface area contributed by atoms with Crippen molar-refractivity contribution < 1.29 is 9.53 Å². The number of hydrogen-bond donors (Lipinski definition) is 0. The van der Waals surface area contributed by atoms with Crippen molar-refractivity contribution in [2.45, 2.75) is 52.7 Å². The SMILES string of the molecule is CC(C)[C@H]1[C@H]2C[C@@H]1N(C(=O)OC(C)(C)C)C2. The lowest BCUT2D eigenvalue weighted by Gasteiger charge is -2.39. The minimum atomic E-state index is -0.378. The van der Waals surface area contributed by atoms with Crippen LogP contribution in [0.2, 0.25) is 0 Å². The second kappa shape index (κ2) is 3.64. The Morgan fingerprint density at radius 2 is 2.00 bits per heavy atom. The van der Waals surface area contributed by atoms with Gasteiger partial charge in [0.05, 0.1) is 0 Å². The van der Waals surface area contributed by atoms with Crippen LogP contribution in [0.3, 0.4) is 0 Å². The highest BCUT2D eigenvalue weighted by Crippen LogP contribution is 2.50. The van der Waals surface area contributed by atoms with Crippen molar-refractivity contribution in [3.8, 4) is 0 Å². The molecule has 2 bridgehead atoms. The number of fused-ring (bicyclic) bond motifs is 1. The first kappa shape index (κ1) is 11.7. The Morgan fingerprint density at radius 1 is 1.38 bits per heavy atom. The van der Waals surface area contributed by atoms with Crippen LogP contribution in [-0.4, -0.2) is 29.2 Å². The average molecular weight is 225 g/mol. The molecule has 0 aromatic heterocycles. The molecular weight excluding hydrogens is 202 g/mol. The van der Waals surface area contributed by atoms with Crippen LogP contribution in [0.15, 0.2) is 0 Å². The van der Waals surface area contributed by atoms with Gasteiger partial charge in [-0.1, -0.05) is 13.8 Å². The Hall–Kier alpha value is -0.730. The van der Waals surface area contributed by atoms with Gasteiger partial charge >= 0.3 is 6.09 Å². The summed E-state index contributed by atoms with van der Waals surface area (Å²) in [6, 6.07) is 0.444. The third-order valence-corrected chi connectivity index (χ3v) is 3.76. The van der Waals surface area contributed by atoms with E-state index in [2.05, 4.69) is 13.8 Å². The fourth-order valence-electron chi connectivity index (χ4n) is 3.18. The van der Waals surface area contributed by atoms with E-state index >= 15 is 0 Å². The summed E-state index contributed by atoms with van der Waals surface area (Å²) < 4.78 is 5.43. The van der Waals surface area contributed by atoms with E-state index < -0.39 is 0 Å². The van der Waals surface area contributed by atoms with Crippen molar-refractivity contribution >= 4 is 6.09 Å². The molecule has 2 aliphatic heterocycles. The van der Waals surface area contributed by atoms with Crippen LogP contribution in [0.5, 0.6) is 0 Å². The molecule has 0 unspecified atom stereocenters. The van der Waals surface area contributed by atoms with Gasteiger partial charge in [0.1, 0.15) is 5.60 Å². The third kappa shape index (κ3) is 1.92. The van der Waals surface area contributed by atoms with Crippen LogP contribution in [0.4, 0.5) is 4.79 Å². The molecule has 3 nitrogen and oxygen atoms in total. The number of nitrogens with zero attached hydrogens (tertiary/aromatic N) is 1. The maximum atomic E-state index is 12.0. The smallest absolute Gasteiger partial charge is 0.410 e. The molecule has 0 aromatic carbocycles. The van der Waals surface area contributed by atoms with Crippen LogP contribution < -0.4 is 0 Å². The molecule has 0 N–H and O–H groups in total. The molecule has 3 heteroatoms. The molecule has 1 amide bonds. The van der Waals surface area contributed by atoms with Gasteiger partial charge in [0.2, 0.25) is 0 Å². The second-order valence-corrected chi connectivity index (χ2v) is 6.52. The van der Waals surface area contributed by atoms with E-state index in [1.165, 1.54) is 6.42 Å². The van der Waals surface area contributed by atoms with E-state index in [1.807, 2.05) is 25.7 Å². The summed E-state index contributed by atoms with van der Waals surface area (Å²) in [6.07, 6.45) is 1.06. The number of ether oxygens (including phenoxy) is 1. The monoisotopic (exact) mass is 225 g/mol. The van der Waals surface area contributed by atoms with Gasteiger partial charge in [-0.15, -0.1) is 0 Å². The summed E-state index contributed by atoms with van der Waals surface area (Å²) in [5.74, 6) is 2.10. The van der Waals surface area contributed by atoms with E-state index in [9.17, 15) is 4.79 Å². The highest BCUT2D eigenvalue weighted by atomic mass is 16.6. The summed E-state index contributed by atoms with van der Waals surface area (Å²) in [5, 5.41) is 0. The number of rotatable bonds is 1. The van der Waals surface area contributed by atoms with Crippen LogP contribution in [0.1, 0.15) is 41.0 Å². The van der Waals surface area contributed by atoms with E-state index in [0.29, 0.717) is 17.9 Å². The topological polar surface area (TPSA) is 29.5 Å². The van der Waals surface area contributed by atoms with Crippen molar-refractivity contribution in [2.75, 3.05) is 6.54 Å². The van der Waals surface area contributed by atoms with Gasteiger partial charge in [-0.05, 0) is 44.9 Å². The largest absolute Gasteiger partial charge is 0.444 e. The zero-order valence-corrected chi connectivity index (χ0v) is 11.0. The highest BCUT2D eigenvalue weighted by Gasteiger charge is 2.55. The summed E-state index contributed by atoms with van der Waals surface area (Å²) in [6.45, 7) is 11.2. The maximum Gasteiger partial charge on any atom is 0.410 e. The van der Waals surface area contributed by atoms with Crippen molar-refractivity contribution in [1.29, 1.82) is 0 Å². The molecule has 3 rings (SSSR count). The molecule has 0 spiro atoms. The Morgan fingerprint density at radius 3 is 2.44 bits per heavy atom. The zero-order chi connectivity index (χ0) is 12.1. The summed E-state index contributed by atoms with van der Waals surface area (Å²) in [4.78, 5) is 13.9. The average Bonchev–Trinajstić information content (AvgIpc) is 2.53. The van der Waals surface area contributed by atoms with Crippen molar-refractivity contribution in [2.24, 2.45) is 17.8 Å². The number of carbonyl (C=O) groups excluding carboxylic acids is 1. The van der Waals surface area contributed by atoms with Gasteiger partial charge in [0.15, 0.2) is 0 Å². The van der Waals surface area contributed by atoms with E-state index in [-0.39, 0.29) is 11.7 Å². The first-order chi connectivity index (χ1) is 7.29. The molecule has 3 atom stereocenters. The maximum absolute atomic E-state index is 12.0. The quantitative estimate of drug-likeness (QED) is 0.686. The standard InChI is InChI=1S/C13H23NO2/c1-8(2)11-9-6-10(11)14(7-9)12(15)16-13(3,4)5/h8-11H,6-7H2,1-5H3/t9-,10-,11-/m0/s1. The van der Waals surface area contributed by atoms with Crippen LogP contribution in [0.25, 0.3) is 0 Å². The summed E-state index contributed by atoms with van der Waals surface area (Å²) >= 11 is 0. The van der Waals surface area contributed by atoms with Crippen molar-refractivity contribution in [1.82, 2.24) is 4.90 Å². The Bertz CT molecular complexity index is 293. The van der Waals surface area contributed by atoms with Crippen molar-refractivity contribution in [3.05, 3.63) is 0 Å². The Balaban J connectivity index is 1.96. The van der Waals surface area contributed by atoms with Gasteiger partial charge in [-0.25, -0.2) is 4.79 Å². The van der Waals surface area contributed by atoms with Gasteiger partial charge in [0.25, 0.3) is 0 Å². The summed E-state index contributed by atoms with van der Waals surface area (Å²) in [7, 11) is 0. The number of carbonyl (C=O) groups is 1. The summed E-state index contributed by atoms with van der Waals surface area (Å²) in [5.41, 5.74) is -0.378. The third-order valence-electron chi connectivity index (χ3n) is 3.76. The molecule has 2 heterocycles. The van der Waals surface area contributed by atoms with Crippen molar-refractivity contribution in [3.63, 3.8) is 0 Å². The van der Waals surface area contributed by atoms with E-state index in [4.69, 9.17) is 4.74 Å². The highest BCUT2D eigenvalue weighted by molar-refractivity contribution is 5.69. The zero-order valence-electron chi connectivity index (χ0n) is 11.0. The lowest BCUT2D eigenvalue weighted by atomic mass is 9.68. The van der Waals surface area contributed by atoms with E-state index in [0.717, 1.165) is 12.5 Å². The van der Waals surface area contributed by atoms with Gasteiger partial charge in [-0.3, -0.25) is 0 Å². The predicted octanol–water partition coefficient (Wildman–Crippen LogP) is 2.90. The molecule has 1 aliphatic carbocycles. The first-order valence-corrected chi connectivity index (χ1v) is 6.29. The van der Waals surface area contributed by atoms with Crippen LogP contribution >= 0.6 is 0 Å². The lowest BCUT2D eigenvalue weighted by molar-refractivity contribution is 0.0171. The minimum Gasteiger partial charge on any atom is -0.444 e. The molecule has 3 aliphatic rings. The lowest BCUT2D eigenvalue weighted by Crippen LogP contribution is -2.45. The van der Waals surface area contributed by atoms with Gasteiger partial charge < -0.3 is 9.64 Å². The Labute approximate surface area is 98.1 Å².